The Morgan fingerprint density at radius 2 is 1.94 bits per heavy atom. The zero-order valence-electron chi connectivity index (χ0n) is 17.8. The molecule has 0 radical (unpaired) electrons. The van der Waals surface area contributed by atoms with Gasteiger partial charge in [-0.15, -0.1) is 0 Å². The number of morpholine rings is 1. The molecular weight excluding hydrogens is 395 g/mol. The Balaban J connectivity index is 1.51. The van der Waals surface area contributed by atoms with Crippen molar-refractivity contribution in [3.63, 3.8) is 0 Å². The Morgan fingerprint density at radius 3 is 2.71 bits per heavy atom. The van der Waals surface area contributed by atoms with Crippen LogP contribution in [-0.4, -0.2) is 57.9 Å². The summed E-state index contributed by atoms with van der Waals surface area (Å²) >= 11 is 0. The summed E-state index contributed by atoms with van der Waals surface area (Å²) in [5.41, 5.74) is 4.43. The van der Waals surface area contributed by atoms with Gasteiger partial charge in [-0.25, -0.2) is 9.37 Å². The number of likely N-dealkylation sites (tertiary alicyclic amines) is 1. The van der Waals surface area contributed by atoms with Crippen LogP contribution in [0.3, 0.4) is 0 Å². The summed E-state index contributed by atoms with van der Waals surface area (Å²) in [6.45, 7) is 5.88. The highest BCUT2D eigenvalue weighted by molar-refractivity contribution is 5.94. The second-order valence-electron chi connectivity index (χ2n) is 8.38. The lowest BCUT2D eigenvalue weighted by atomic mass is 10.0. The molecule has 0 aliphatic carbocycles. The molecule has 0 saturated carbocycles. The maximum Gasteiger partial charge on any atom is 0.274 e. The number of nitrogens with zero attached hydrogens (tertiary/aromatic N) is 4. The zero-order chi connectivity index (χ0) is 21.4. The average molecular weight is 423 g/mol. The molecule has 2 aliphatic heterocycles. The first-order valence-corrected chi connectivity index (χ1v) is 10.9. The average Bonchev–Trinajstić information content (AvgIpc) is 3.41. The maximum atomic E-state index is 13.4. The molecule has 31 heavy (non-hydrogen) atoms. The molecule has 1 aromatic carbocycles. The second-order valence-corrected chi connectivity index (χ2v) is 8.38. The lowest BCUT2D eigenvalue weighted by molar-refractivity contribution is 0.0298. The van der Waals surface area contributed by atoms with Gasteiger partial charge in [0.2, 0.25) is 0 Å². The minimum atomic E-state index is -0.219. The van der Waals surface area contributed by atoms with Crippen molar-refractivity contribution in [3.8, 4) is 0 Å². The largest absolute Gasteiger partial charge is 0.378 e. The van der Waals surface area contributed by atoms with Crippen LogP contribution in [0.2, 0.25) is 0 Å². The molecule has 3 aromatic rings. The lowest BCUT2D eigenvalue weighted by Gasteiger charge is -2.28. The molecule has 2 fully saturated rings. The van der Waals surface area contributed by atoms with E-state index in [9.17, 15) is 9.18 Å². The van der Waals surface area contributed by atoms with Crippen LogP contribution >= 0.6 is 0 Å². The maximum absolute atomic E-state index is 13.4. The zero-order valence-corrected chi connectivity index (χ0v) is 17.8. The monoisotopic (exact) mass is 422 g/mol. The van der Waals surface area contributed by atoms with Gasteiger partial charge in [0.15, 0.2) is 5.69 Å². The van der Waals surface area contributed by atoms with Crippen molar-refractivity contribution >= 4 is 11.6 Å². The number of ether oxygens (including phenoxy) is 1. The highest BCUT2D eigenvalue weighted by Gasteiger charge is 2.31. The number of imidazole rings is 1. The van der Waals surface area contributed by atoms with Crippen LogP contribution in [0, 0.1) is 12.7 Å². The topological polar surface area (TPSA) is 50.1 Å². The van der Waals surface area contributed by atoms with Crippen molar-refractivity contribution in [1.29, 1.82) is 0 Å². The molecule has 0 spiro atoms. The van der Waals surface area contributed by atoms with Gasteiger partial charge in [-0.1, -0.05) is 18.2 Å². The quantitative estimate of drug-likeness (QED) is 0.645. The van der Waals surface area contributed by atoms with Crippen LogP contribution < -0.4 is 0 Å². The molecule has 0 N–H and O–H groups in total. The van der Waals surface area contributed by atoms with Crippen molar-refractivity contribution in [2.75, 3.05) is 32.8 Å². The number of halogens is 1. The summed E-state index contributed by atoms with van der Waals surface area (Å²) in [7, 11) is 0. The van der Waals surface area contributed by atoms with Gasteiger partial charge in [0.25, 0.3) is 5.91 Å². The molecule has 7 heteroatoms. The van der Waals surface area contributed by atoms with E-state index in [1.54, 1.807) is 0 Å². The lowest BCUT2D eigenvalue weighted by Crippen LogP contribution is -2.41. The summed E-state index contributed by atoms with van der Waals surface area (Å²) in [5.74, 6) is -0.247. The van der Waals surface area contributed by atoms with Gasteiger partial charge < -0.3 is 14.0 Å². The van der Waals surface area contributed by atoms with E-state index in [4.69, 9.17) is 9.72 Å². The standard InChI is InChI=1S/C24H27FN4O2/c1-17-4-2-11-29-21(22(26-23(17)29)24(30)27-12-14-31-15-13-27)16-28-10-3-5-20(28)18-6-8-19(25)9-7-18/h2,4,6-9,11,20H,3,5,10,12-16H2,1H3. The van der Waals surface area contributed by atoms with Gasteiger partial charge >= 0.3 is 0 Å². The van der Waals surface area contributed by atoms with Crippen molar-refractivity contribution in [3.05, 3.63) is 70.9 Å². The third kappa shape index (κ3) is 3.83. The number of carbonyl (C=O) groups excluding carboxylic acids is 1. The summed E-state index contributed by atoms with van der Waals surface area (Å²) in [6.07, 6.45) is 4.09. The number of carbonyl (C=O) groups is 1. The normalized spacial score (nSPS) is 19.9. The molecule has 2 aliphatic rings. The number of fused-ring (bicyclic) bond motifs is 1. The first-order chi connectivity index (χ1) is 15.1. The molecule has 5 rings (SSSR count). The van der Waals surface area contributed by atoms with Gasteiger partial charge in [0.1, 0.15) is 11.5 Å². The summed E-state index contributed by atoms with van der Waals surface area (Å²) in [5, 5.41) is 0. The Hall–Kier alpha value is -2.77. The molecule has 1 atom stereocenters. The fraction of sp³-hybridized carbons (Fsp3) is 0.417. The van der Waals surface area contributed by atoms with Gasteiger partial charge in [0, 0.05) is 31.9 Å². The number of hydrogen-bond acceptors (Lipinski definition) is 4. The van der Waals surface area contributed by atoms with E-state index in [0.29, 0.717) is 38.5 Å². The third-order valence-electron chi connectivity index (χ3n) is 6.42. The van der Waals surface area contributed by atoms with Crippen LogP contribution in [0.4, 0.5) is 4.39 Å². The van der Waals surface area contributed by atoms with Gasteiger partial charge in [-0.3, -0.25) is 9.69 Å². The minimum absolute atomic E-state index is 0.0288. The van der Waals surface area contributed by atoms with Gasteiger partial charge in [-0.05, 0) is 55.6 Å². The van der Waals surface area contributed by atoms with E-state index in [1.165, 1.54) is 12.1 Å². The fourth-order valence-electron chi connectivity index (χ4n) is 4.76. The predicted octanol–water partition coefficient (Wildman–Crippen LogP) is 3.59. The van der Waals surface area contributed by atoms with E-state index >= 15 is 0 Å². The number of amides is 1. The number of hydrogen-bond donors (Lipinski definition) is 0. The highest BCUT2D eigenvalue weighted by Crippen LogP contribution is 2.34. The van der Waals surface area contributed by atoms with Crippen LogP contribution in [0.15, 0.2) is 42.6 Å². The Labute approximate surface area is 181 Å². The molecular formula is C24H27FN4O2. The van der Waals surface area contributed by atoms with Crippen LogP contribution in [0.25, 0.3) is 5.65 Å². The van der Waals surface area contributed by atoms with Crippen molar-refractivity contribution in [2.24, 2.45) is 0 Å². The Kier molecular flexibility index (Phi) is 5.46. The number of aryl methyl sites for hydroxylation is 1. The first-order valence-electron chi connectivity index (χ1n) is 10.9. The second kappa shape index (κ2) is 8.40. The predicted molar refractivity (Wildman–Crippen MR) is 115 cm³/mol. The highest BCUT2D eigenvalue weighted by atomic mass is 19.1. The minimum Gasteiger partial charge on any atom is -0.378 e. The van der Waals surface area contributed by atoms with E-state index in [1.807, 2.05) is 42.3 Å². The van der Waals surface area contributed by atoms with E-state index in [0.717, 1.165) is 41.9 Å². The van der Waals surface area contributed by atoms with Crippen LogP contribution in [-0.2, 0) is 11.3 Å². The third-order valence-corrected chi connectivity index (χ3v) is 6.42. The summed E-state index contributed by atoms with van der Waals surface area (Å²) < 4.78 is 20.9. The molecule has 4 heterocycles. The molecule has 2 saturated heterocycles. The summed E-state index contributed by atoms with van der Waals surface area (Å²) in [4.78, 5) is 22.4. The van der Waals surface area contributed by atoms with Crippen molar-refractivity contribution in [1.82, 2.24) is 19.2 Å². The number of pyridine rings is 1. The van der Waals surface area contributed by atoms with E-state index < -0.39 is 0 Å². The fourth-order valence-corrected chi connectivity index (χ4v) is 4.76. The number of rotatable bonds is 4. The molecule has 1 unspecified atom stereocenters. The Bertz CT molecular complexity index is 1090. The SMILES string of the molecule is Cc1cccn2c(CN3CCCC3c3ccc(F)cc3)c(C(=O)N3CCOCC3)nc12. The molecule has 0 bridgehead atoms. The smallest absolute Gasteiger partial charge is 0.274 e. The number of benzene rings is 1. The van der Waals surface area contributed by atoms with E-state index in [-0.39, 0.29) is 17.8 Å². The summed E-state index contributed by atoms with van der Waals surface area (Å²) in [6, 6.07) is 11.0. The Morgan fingerprint density at radius 1 is 1.16 bits per heavy atom. The van der Waals surface area contributed by atoms with Crippen molar-refractivity contribution < 1.29 is 13.9 Å². The van der Waals surface area contributed by atoms with E-state index in [2.05, 4.69) is 9.30 Å². The van der Waals surface area contributed by atoms with Crippen LogP contribution in [0.1, 0.15) is 46.2 Å². The van der Waals surface area contributed by atoms with Gasteiger partial charge in [-0.2, -0.15) is 0 Å². The molecule has 2 aromatic heterocycles. The first kappa shape index (κ1) is 20.2. The number of aromatic nitrogens is 2. The molecule has 162 valence electrons. The molecule has 6 nitrogen and oxygen atoms in total. The molecule has 1 amide bonds. The van der Waals surface area contributed by atoms with Gasteiger partial charge in [0.05, 0.1) is 18.9 Å². The van der Waals surface area contributed by atoms with Crippen molar-refractivity contribution in [2.45, 2.75) is 32.4 Å². The van der Waals surface area contributed by atoms with Crippen LogP contribution in [0.5, 0.6) is 0 Å².